The van der Waals surface area contributed by atoms with Gasteiger partial charge in [-0.15, -0.1) is 0 Å². The second-order valence-electron chi connectivity index (χ2n) is 5.35. The third-order valence-corrected chi connectivity index (χ3v) is 5.30. The number of hydrogen-bond acceptors (Lipinski definition) is 4. The van der Waals surface area contributed by atoms with Gasteiger partial charge in [-0.1, -0.05) is 0 Å². The maximum Gasteiger partial charge on any atom is 0.240 e. The standard InChI is InChI=1S/C12H22N2O2S/c1-11(3-2-8-17-11)9-14-10(15)12(13)4-6-16-7-5-12/h2-9,13H2,1H3,(H,14,15). The average Bonchev–Trinajstić information content (AvgIpc) is 2.75. The van der Waals surface area contributed by atoms with Crippen molar-refractivity contribution in [3.63, 3.8) is 0 Å². The van der Waals surface area contributed by atoms with Crippen molar-refractivity contribution < 1.29 is 9.53 Å². The summed E-state index contributed by atoms with van der Waals surface area (Å²) >= 11 is 1.95. The first-order valence-corrected chi connectivity index (χ1v) is 7.32. The van der Waals surface area contributed by atoms with Gasteiger partial charge in [0, 0.05) is 24.5 Å². The minimum atomic E-state index is -0.710. The molecule has 0 aliphatic carbocycles. The van der Waals surface area contributed by atoms with Crippen molar-refractivity contribution in [1.29, 1.82) is 0 Å². The van der Waals surface area contributed by atoms with Crippen LogP contribution in [0.3, 0.4) is 0 Å². The fraction of sp³-hybridized carbons (Fsp3) is 0.917. The molecule has 1 atom stereocenters. The van der Waals surface area contributed by atoms with Crippen LogP contribution < -0.4 is 11.1 Å². The van der Waals surface area contributed by atoms with E-state index in [9.17, 15) is 4.79 Å². The molecule has 1 amide bonds. The fourth-order valence-electron chi connectivity index (χ4n) is 2.38. The summed E-state index contributed by atoms with van der Waals surface area (Å²) in [5, 5.41) is 3.04. The zero-order valence-corrected chi connectivity index (χ0v) is 11.3. The Balaban J connectivity index is 1.84. The zero-order valence-electron chi connectivity index (χ0n) is 10.5. The molecule has 17 heavy (non-hydrogen) atoms. The molecular weight excluding hydrogens is 236 g/mol. The van der Waals surface area contributed by atoms with Crippen LogP contribution in [0.4, 0.5) is 0 Å². The van der Waals surface area contributed by atoms with Gasteiger partial charge in [-0.05, 0) is 38.4 Å². The van der Waals surface area contributed by atoms with Gasteiger partial charge in [0.25, 0.3) is 0 Å². The van der Waals surface area contributed by atoms with Crippen LogP contribution in [-0.4, -0.2) is 41.7 Å². The molecule has 2 aliphatic heterocycles. The van der Waals surface area contributed by atoms with Gasteiger partial charge in [0.2, 0.25) is 5.91 Å². The van der Waals surface area contributed by atoms with E-state index in [1.807, 2.05) is 11.8 Å². The molecule has 0 aromatic carbocycles. The number of ether oxygens (including phenoxy) is 1. The molecule has 4 nitrogen and oxygen atoms in total. The Morgan fingerprint density at radius 1 is 1.41 bits per heavy atom. The Bertz CT molecular complexity index is 284. The van der Waals surface area contributed by atoms with E-state index in [0.29, 0.717) is 26.1 Å². The lowest BCUT2D eigenvalue weighted by molar-refractivity contribution is -0.129. The van der Waals surface area contributed by atoms with E-state index in [-0.39, 0.29) is 10.7 Å². The maximum atomic E-state index is 12.1. The van der Waals surface area contributed by atoms with Gasteiger partial charge in [-0.3, -0.25) is 4.79 Å². The Labute approximate surface area is 107 Å². The number of nitrogens with two attached hydrogens (primary N) is 1. The van der Waals surface area contributed by atoms with Gasteiger partial charge in [0.1, 0.15) is 0 Å². The molecular formula is C12H22N2O2S. The molecule has 2 saturated heterocycles. The number of nitrogens with one attached hydrogen (secondary N) is 1. The Hall–Kier alpha value is -0.260. The van der Waals surface area contributed by atoms with Gasteiger partial charge in [-0.25, -0.2) is 0 Å². The summed E-state index contributed by atoms with van der Waals surface area (Å²) in [6.07, 6.45) is 3.68. The molecule has 3 N–H and O–H groups in total. The van der Waals surface area contributed by atoms with Crippen LogP contribution in [-0.2, 0) is 9.53 Å². The second kappa shape index (κ2) is 5.16. The Morgan fingerprint density at radius 2 is 2.12 bits per heavy atom. The summed E-state index contributed by atoms with van der Waals surface area (Å²) in [6.45, 7) is 4.14. The smallest absolute Gasteiger partial charge is 0.240 e. The van der Waals surface area contributed by atoms with E-state index in [4.69, 9.17) is 10.5 Å². The van der Waals surface area contributed by atoms with Gasteiger partial charge < -0.3 is 15.8 Å². The largest absolute Gasteiger partial charge is 0.381 e. The lowest BCUT2D eigenvalue weighted by Gasteiger charge is -2.33. The number of hydrogen-bond donors (Lipinski definition) is 2. The number of rotatable bonds is 3. The highest BCUT2D eigenvalue weighted by atomic mass is 32.2. The van der Waals surface area contributed by atoms with E-state index >= 15 is 0 Å². The molecule has 0 aromatic rings. The molecule has 0 radical (unpaired) electrons. The van der Waals surface area contributed by atoms with Crippen molar-refractivity contribution in [3.05, 3.63) is 0 Å². The quantitative estimate of drug-likeness (QED) is 0.789. The van der Waals surface area contributed by atoms with Crippen LogP contribution in [0.5, 0.6) is 0 Å². The number of thioether (sulfide) groups is 1. The van der Waals surface area contributed by atoms with Crippen molar-refractivity contribution in [1.82, 2.24) is 5.32 Å². The molecule has 0 spiro atoms. The fourth-order valence-corrected chi connectivity index (χ4v) is 3.63. The topological polar surface area (TPSA) is 64.4 Å². The SMILES string of the molecule is CC1(CNC(=O)C2(N)CCOCC2)CCCS1. The molecule has 5 heteroatoms. The first-order valence-electron chi connectivity index (χ1n) is 6.33. The molecule has 1 unspecified atom stereocenters. The average molecular weight is 258 g/mol. The highest BCUT2D eigenvalue weighted by Gasteiger charge is 2.37. The van der Waals surface area contributed by atoms with Crippen molar-refractivity contribution in [2.45, 2.75) is 42.9 Å². The molecule has 2 aliphatic rings. The van der Waals surface area contributed by atoms with Crippen molar-refractivity contribution in [2.24, 2.45) is 5.73 Å². The van der Waals surface area contributed by atoms with Gasteiger partial charge in [0.15, 0.2) is 0 Å². The maximum absolute atomic E-state index is 12.1. The van der Waals surface area contributed by atoms with Crippen LogP contribution >= 0.6 is 11.8 Å². The van der Waals surface area contributed by atoms with Crippen LogP contribution in [0.15, 0.2) is 0 Å². The number of carbonyl (C=O) groups excluding carboxylic acids is 1. The third-order valence-electron chi connectivity index (χ3n) is 3.76. The van der Waals surface area contributed by atoms with E-state index in [2.05, 4.69) is 12.2 Å². The molecule has 0 saturated carbocycles. The highest BCUT2D eigenvalue weighted by Crippen LogP contribution is 2.37. The van der Waals surface area contributed by atoms with Crippen molar-refractivity contribution in [3.8, 4) is 0 Å². The minimum absolute atomic E-state index is 0.00507. The van der Waals surface area contributed by atoms with E-state index < -0.39 is 5.54 Å². The highest BCUT2D eigenvalue weighted by molar-refractivity contribution is 8.00. The summed E-state index contributed by atoms with van der Waals surface area (Å²) in [6, 6.07) is 0. The van der Waals surface area contributed by atoms with Crippen LogP contribution in [0.1, 0.15) is 32.6 Å². The van der Waals surface area contributed by atoms with Crippen LogP contribution in [0.2, 0.25) is 0 Å². The summed E-state index contributed by atoms with van der Waals surface area (Å²) < 4.78 is 5.45. The normalized spacial score (nSPS) is 32.4. The first-order chi connectivity index (χ1) is 8.04. The zero-order chi connectivity index (χ0) is 12.4. The van der Waals surface area contributed by atoms with Gasteiger partial charge in [0.05, 0.1) is 5.54 Å². The summed E-state index contributed by atoms with van der Waals surface area (Å²) in [5.74, 6) is 1.20. The number of carbonyl (C=O) groups is 1. The number of amides is 1. The van der Waals surface area contributed by atoms with Crippen molar-refractivity contribution in [2.75, 3.05) is 25.5 Å². The Morgan fingerprint density at radius 3 is 2.71 bits per heavy atom. The first kappa shape index (κ1) is 13.2. The van der Waals surface area contributed by atoms with Crippen LogP contribution in [0, 0.1) is 0 Å². The van der Waals surface area contributed by atoms with E-state index in [1.54, 1.807) is 0 Å². The molecule has 2 rings (SSSR count). The predicted octanol–water partition coefficient (Wildman–Crippen LogP) is 0.896. The van der Waals surface area contributed by atoms with Crippen molar-refractivity contribution >= 4 is 17.7 Å². The van der Waals surface area contributed by atoms with Gasteiger partial charge in [-0.2, -0.15) is 11.8 Å². The minimum Gasteiger partial charge on any atom is -0.381 e. The second-order valence-corrected chi connectivity index (χ2v) is 7.04. The lowest BCUT2D eigenvalue weighted by atomic mass is 9.90. The lowest BCUT2D eigenvalue weighted by Crippen LogP contribution is -2.58. The summed E-state index contributed by atoms with van der Waals surface area (Å²) in [4.78, 5) is 12.1. The van der Waals surface area contributed by atoms with E-state index in [0.717, 1.165) is 6.54 Å². The summed E-state index contributed by atoms with van der Waals surface area (Å²) in [7, 11) is 0. The van der Waals surface area contributed by atoms with Gasteiger partial charge >= 0.3 is 0 Å². The van der Waals surface area contributed by atoms with E-state index in [1.165, 1.54) is 18.6 Å². The predicted molar refractivity (Wildman–Crippen MR) is 70.1 cm³/mol. The Kier molecular flexibility index (Phi) is 4.00. The third kappa shape index (κ3) is 3.14. The molecule has 2 heterocycles. The molecule has 2 fully saturated rings. The molecule has 0 bridgehead atoms. The molecule has 0 aromatic heterocycles. The van der Waals surface area contributed by atoms with Crippen LogP contribution in [0.25, 0.3) is 0 Å². The molecule has 98 valence electrons. The monoisotopic (exact) mass is 258 g/mol. The summed E-state index contributed by atoms with van der Waals surface area (Å²) in [5.41, 5.74) is 5.42.